The quantitative estimate of drug-likeness (QED) is 0.117. The summed E-state index contributed by atoms with van der Waals surface area (Å²) in [5, 5.41) is 11.0. The maximum atomic E-state index is 14.5. The summed E-state index contributed by atoms with van der Waals surface area (Å²) >= 11 is 6.09. The number of hydrogen-bond donors (Lipinski definition) is 1. The summed E-state index contributed by atoms with van der Waals surface area (Å²) in [5.41, 5.74) is 2.04. The van der Waals surface area contributed by atoms with Crippen LogP contribution in [0, 0.1) is 34.9 Å². The van der Waals surface area contributed by atoms with Crippen molar-refractivity contribution < 1.29 is 38.1 Å². The van der Waals surface area contributed by atoms with E-state index in [9.17, 15) is 28.7 Å². The van der Waals surface area contributed by atoms with Crippen LogP contribution in [0.15, 0.2) is 96.6 Å². The highest BCUT2D eigenvalue weighted by atomic mass is 35.5. The Morgan fingerprint density at radius 3 is 2.28 bits per heavy atom. The molecule has 0 aromatic heterocycles. The molecule has 0 spiro atoms. The number of rotatable bonds is 7. The van der Waals surface area contributed by atoms with Crippen molar-refractivity contribution in [2.45, 2.75) is 25.7 Å². The third-order valence-electron chi connectivity index (χ3n) is 11.7. The van der Waals surface area contributed by atoms with Crippen LogP contribution in [0.4, 0.5) is 15.8 Å². The van der Waals surface area contributed by atoms with Crippen molar-refractivity contribution in [1.82, 2.24) is 0 Å². The molecule has 9 nitrogen and oxygen atoms in total. The van der Waals surface area contributed by atoms with E-state index >= 15 is 0 Å². The number of amides is 4. The third kappa shape index (κ3) is 5.34. The first-order valence-corrected chi connectivity index (χ1v) is 18.0. The molecule has 2 heterocycles. The molecule has 8 rings (SSSR count). The van der Waals surface area contributed by atoms with Crippen LogP contribution in [-0.4, -0.2) is 43.0 Å². The molecule has 1 saturated carbocycles. The van der Waals surface area contributed by atoms with Crippen molar-refractivity contribution in [3.63, 3.8) is 0 Å². The highest BCUT2D eigenvalue weighted by molar-refractivity contribution is 6.32. The number of carbonyl (C=O) groups is 4. The van der Waals surface area contributed by atoms with Crippen LogP contribution in [0.25, 0.3) is 12.2 Å². The van der Waals surface area contributed by atoms with Crippen molar-refractivity contribution in [2.24, 2.45) is 29.1 Å². The number of halogens is 2. The van der Waals surface area contributed by atoms with E-state index in [2.05, 4.69) is 0 Å². The molecule has 274 valence electrons. The third-order valence-corrected chi connectivity index (χ3v) is 12.0. The highest BCUT2D eigenvalue weighted by Crippen LogP contribution is 2.64. The van der Waals surface area contributed by atoms with E-state index in [1.54, 1.807) is 51.5 Å². The summed E-state index contributed by atoms with van der Waals surface area (Å²) in [4.78, 5) is 59.8. The number of carbonyl (C=O) groups excluding carboxylic acids is 4. The number of hydrogen-bond acceptors (Lipinski definition) is 7. The molecule has 6 unspecified atom stereocenters. The number of phenolic OH excluding ortho intramolecular Hbond substituents is 1. The van der Waals surface area contributed by atoms with E-state index in [1.165, 1.54) is 23.1 Å². The summed E-state index contributed by atoms with van der Waals surface area (Å²) < 4.78 is 25.0. The van der Waals surface area contributed by atoms with Gasteiger partial charge in [0.1, 0.15) is 23.1 Å². The van der Waals surface area contributed by atoms with Crippen LogP contribution in [0.3, 0.4) is 0 Å². The zero-order valence-electron chi connectivity index (χ0n) is 29.7. The number of imide groups is 2. The average Bonchev–Trinajstić information content (AvgIpc) is 3.54. The molecule has 2 aliphatic heterocycles. The largest absolute Gasteiger partial charge is 0.508 e. The topological polar surface area (TPSA) is 113 Å². The SMILES string of the molecule is COc1ccc(OC)c(C=Cc2ccc(N3C(=O)C4CC=C5C(CC6C(=O)N(c7ccc(F)c(Cl)c7)C(=O)C6(C)C5c5ccccc5O)C4C3=O)cc2)c1. The van der Waals surface area contributed by atoms with Gasteiger partial charge in [-0.1, -0.05) is 65.7 Å². The molecule has 2 saturated heterocycles. The molecule has 54 heavy (non-hydrogen) atoms. The second-order valence-electron chi connectivity index (χ2n) is 14.4. The number of phenols is 1. The van der Waals surface area contributed by atoms with Crippen LogP contribution in [0.5, 0.6) is 17.2 Å². The van der Waals surface area contributed by atoms with Crippen molar-refractivity contribution in [3.8, 4) is 17.2 Å². The van der Waals surface area contributed by atoms with E-state index in [1.807, 2.05) is 48.6 Å². The predicted octanol–water partition coefficient (Wildman–Crippen LogP) is 7.81. The first-order valence-electron chi connectivity index (χ1n) is 17.7. The number of nitrogens with zero attached hydrogens (tertiary/aromatic N) is 2. The Labute approximate surface area is 316 Å². The van der Waals surface area contributed by atoms with Gasteiger partial charge in [-0.15, -0.1) is 0 Å². The van der Waals surface area contributed by atoms with Crippen LogP contribution in [0.1, 0.15) is 42.4 Å². The average molecular weight is 747 g/mol. The predicted molar refractivity (Wildman–Crippen MR) is 202 cm³/mol. The van der Waals surface area contributed by atoms with E-state index in [-0.39, 0.29) is 41.1 Å². The second kappa shape index (κ2) is 13.3. The van der Waals surface area contributed by atoms with Gasteiger partial charge in [-0.25, -0.2) is 9.29 Å². The summed E-state index contributed by atoms with van der Waals surface area (Å²) in [6, 6.07) is 23.0. The molecule has 3 fully saturated rings. The number of anilines is 2. The zero-order chi connectivity index (χ0) is 38.1. The fourth-order valence-corrected chi connectivity index (χ4v) is 9.28. The van der Waals surface area contributed by atoms with Gasteiger partial charge < -0.3 is 14.6 Å². The van der Waals surface area contributed by atoms with Gasteiger partial charge in [0.2, 0.25) is 23.6 Å². The minimum atomic E-state index is -1.37. The van der Waals surface area contributed by atoms with Crippen LogP contribution in [-0.2, 0) is 19.2 Å². The molecule has 11 heteroatoms. The van der Waals surface area contributed by atoms with Crippen molar-refractivity contribution >= 4 is 58.8 Å². The van der Waals surface area contributed by atoms with Crippen molar-refractivity contribution in [1.29, 1.82) is 0 Å². The minimum Gasteiger partial charge on any atom is -0.508 e. The molecule has 0 bridgehead atoms. The number of aromatic hydroxyl groups is 1. The van der Waals surface area contributed by atoms with Gasteiger partial charge in [-0.3, -0.25) is 24.1 Å². The maximum absolute atomic E-state index is 14.5. The Morgan fingerprint density at radius 2 is 1.57 bits per heavy atom. The Bertz CT molecular complexity index is 2310. The monoisotopic (exact) mass is 746 g/mol. The highest BCUT2D eigenvalue weighted by Gasteiger charge is 2.68. The number of methoxy groups -OCH3 is 2. The summed E-state index contributed by atoms with van der Waals surface area (Å²) in [6.45, 7) is 1.72. The molecular formula is C43H36ClFN2O7. The van der Waals surface area contributed by atoms with Crippen molar-refractivity contribution in [3.05, 3.63) is 124 Å². The number of ether oxygens (including phenoxy) is 2. The fraction of sp³-hybridized carbons (Fsp3) is 0.256. The lowest BCUT2D eigenvalue weighted by atomic mass is 9.51. The molecule has 2 aliphatic carbocycles. The fourth-order valence-electron chi connectivity index (χ4n) is 9.11. The number of fused-ring (bicyclic) bond motifs is 4. The van der Waals surface area contributed by atoms with Crippen LogP contribution >= 0.6 is 11.6 Å². The second-order valence-corrected chi connectivity index (χ2v) is 14.8. The summed E-state index contributed by atoms with van der Waals surface area (Å²) in [5.74, 6) is -4.81. The maximum Gasteiger partial charge on any atom is 0.241 e. The van der Waals surface area contributed by atoms with Crippen LogP contribution in [0.2, 0.25) is 5.02 Å². The molecule has 4 aliphatic rings. The Hall–Kier alpha value is -5.74. The van der Waals surface area contributed by atoms with E-state index in [0.29, 0.717) is 22.7 Å². The van der Waals surface area contributed by atoms with Gasteiger partial charge in [0, 0.05) is 17.0 Å². The smallest absolute Gasteiger partial charge is 0.241 e. The summed E-state index contributed by atoms with van der Waals surface area (Å²) in [7, 11) is 3.19. The Balaban J connectivity index is 1.13. The van der Waals surface area contributed by atoms with E-state index in [4.69, 9.17) is 21.1 Å². The molecule has 1 N–H and O–H groups in total. The lowest BCUT2D eigenvalue weighted by molar-refractivity contribution is -0.131. The molecule has 4 aromatic carbocycles. The zero-order valence-corrected chi connectivity index (χ0v) is 30.4. The van der Waals surface area contributed by atoms with Gasteiger partial charge in [0.15, 0.2) is 0 Å². The molecule has 0 radical (unpaired) electrons. The first kappa shape index (κ1) is 35.3. The molecule has 4 aromatic rings. The molecular weight excluding hydrogens is 711 g/mol. The van der Waals surface area contributed by atoms with Crippen molar-refractivity contribution in [2.75, 3.05) is 24.0 Å². The van der Waals surface area contributed by atoms with Gasteiger partial charge >= 0.3 is 0 Å². The van der Waals surface area contributed by atoms with Gasteiger partial charge in [-0.05, 0) is 85.8 Å². The molecule has 4 amide bonds. The Kier molecular flexibility index (Phi) is 8.68. The van der Waals surface area contributed by atoms with E-state index in [0.717, 1.165) is 27.7 Å². The first-order chi connectivity index (χ1) is 26.0. The van der Waals surface area contributed by atoms with Gasteiger partial charge in [0.05, 0.1) is 53.8 Å². The normalized spacial score (nSPS) is 26.2. The number of benzene rings is 4. The Morgan fingerprint density at radius 1 is 0.833 bits per heavy atom. The molecule has 6 atom stereocenters. The standard InChI is InChI=1S/C43H36ClFN2O7/c1-43-32(40(50)47(42(43)52)26-14-18-34(45)33(44)21-26)22-31-28(38(43)29-6-4-5-7-35(29)48)16-17-30-37(31)41(51)46(39(30)49)25-12-9-23(10-13-25)8-11-24-20-27(53-2)15-19-36(24)54-3/h4-16,18-21,30-32,37-38,48H,17,22H2,1-3H3. The van der Waals surface area contributed by atoms with Gasteiger partial charge in [-0.2, -0.15) is 0 Å². The van der Waals surface area contributed by atoms with Gasteiger partial charge in [0.25, 0.3) is 0 Å². The van der Waals surface area contributed by atoms with Crippen LogP contribution < -0.4 is 19.3 Å². The number of para-hydroxylation sites is 1. The summed E-state index contributed by atoms with van der Waals surface area (Å²) in [6.07, 6.45) is 6.10. The lowest BCUT2D eigenvalue weighted by Gasteiger charge is -2.49. The number of allylic oxidation sites excluding steroid dienone is 2. The lowest BCUT2D eigenvalue weighted by Crippen LogP contribution is -2.48. The minimum absolute atomic E-state index is 0.0517. The van der Waals surface area contributed by atoms with E-state index < -0.39 is 52.6 Å².